The number of aromatic nitrogens is 2. The van der Waals surface area contributed by atoms with E-state index >= 15 is 0 Å². The number of hydrogen-bond acceptors (Lipinski definition) is 5. The quantitative estimate of drug-likeness (QED) is 0.657. The normalized spacial score (nSPS) is 17.2. The number of anilines is 1. The van der Waals surface area contributed by atoms with Gasteiger partial charge in [-0.2, -0.15) is 0 Å². The zero-order valence-corrected chi connectivity index (χ0v) is 16.3. The summed E-state index contributed by atoms with van der Waals surface area (Å²) in [6.45, 7) is 2.30. The van der Waals surface area contributed by atoms with Gasteiger partial charge in [0.1, 0.15) is 12.4 Å². The molecule has 2 N–H and O–H groups in total. The molecule has 3 heterocycles. The molecule has 0 radical (unpaired) electrons. The minimum absolute atomic E-state index is 0.0856. The van der Waals surface area contributed by atoms with Crippen LogP contribution in [0, 0.1) is 6.92 Å². The number of aromatic amines is 1. The lowest BCUT2D eigenvalue weighted by molar-refractivity contribution is -0.136. The van der Waals surface area contributed by atoms with Crippen LogP contribution in [0.15, 0.2) is 75.5 Å². The van der Waals surface area contributed by atoms with Crippen LogP contribution in [0.25, 0.3) is 0 Å². The van der Waals surface area contributed by atoms with Gasteiger partial charge in [-0.15, -0.1) is 0 Å². The number of benzene rings is 2. The number of aryl methyl sites for hydroxylation is 1. The highest BCUT2D eigenvalue weighted by molar-refractivity contribution is 5.97. The Bertz CT molecular complexity index is 1320. The van der Waals surface area contributed by atoms with Crippen molar-refractivity contribution in [2.75, 3.05) is 11.9 Å². The van der Waals surface area contributed by atoms with Gasteiger partial charge >= 0.3 is 11.7 Å². The molecule has 7 nitrogen and oxygen atoms in total. The van der Waals surface area contributed by atoms with E-state index in [0.717, 1.165) is 16.7 Å². The van der Waals surface area contributed by atoms with E-state index in [4.69, 9.17) is 4.74 Å². The van der Waals surface area contributed by atoms with Crippen LogP contribution in [-0.4, -0.2) is 22.1 Å². The molecule has 1 atom stereocenters. The molecule has 2 aliphatic heterocycles. The van der Waals surface area contributed by atoms with E-state index in [1.165, 1.54) is 4.57 Å². The number of esters is 1. The largest absolute Gasteiger partial charge is 0.456 e. The lowest BCUT2D eigenvalue weighted by atomic mass is 9.81. The molecule has 0 bridgehead atoms. The topological polar surface area (TPSA) is 93.2 Å². The summed E-state index contributed by atoms with van der Waals surface area (Å²) < 4.78 is 6.78. The lowest BCUT2D eigenvalue weighted by Crippen LogP contribution is -2.39. The van der Waals surface area contributed by atoms with E-state index in [1.807, 2.05) is 61.5 Å². The van der Waals surface area contributed by atoms with Gasteiger partial charge in [-0.1, -0.05) is 54.6 Å². The van der Waals surface area contributed by atoms with Crippen molar-refractivity contribution < 1.29 is 9.53 Å². The Morgan fingerprint density at radius 3 is 2.53 bits per heavy atom. The average molecular weight is 401 g/mol. The lowest BCUT2D eigenvalue weighted by Gasteiger charge is -2.29. The summed E-state index contributed by atoms with van der Waals surface area (Å²) in [4.78, 5) is 40.7. The van der Waals surface area contributed by atoms with Crippen molar-refractivity contribution in [2.45, 2.75) is 19.4 Å². The van der Waals surface area contributed by atoms with Gasteiger partial charge in [-0.3, -0.25) is 14.3 Å². The fraction of sp³-hybridized carbons (Fsp3) is 0.174. The molecule has 7 heteroatoms. The van der Waals surface area contributed by atoms with Crippen LogP contribution in [0.3, 0.4) is 0 Å². The second-order valence-electron chi connectivity index (χ2n) is 7.48. The first kappa shape index (κ1) is 18.2. The maximum Gasteiger partial charge on any atom is 0.337 e. The molecule has 0 aliphatic carbocycles. The number of fused-ring (bicyclic) bond motifs is 1. The molecular weight excluding hydrogens is 382 g/mol. The number of H-pyrrole nitrogens is 1. The predicted octanol–water partition coefficient (Wildman–Crippen LogP) is 2.26. The minimum atomic E-state index is -0.612. The second kappa shape index (κ2) is 6.88. The van der Waals surface area contributed by atoms with Crippen molar-refractivity contribution in [1.82, 2.24) is 9.55 Å². The summed E-state index contributed by atoms with van der Waals surface area (Å²) >= 11 is 0. The van der Waals surface area contributed by atoms with Crippen LogP contribution in [0.4, 0.5) is 5.82 Å². The van der Waals surface area contributed by atoms with E-state index in [2.05, 4.69) is 10.3 Å². The molecule has 0 spiro atoms. The summed E-state index contributed by atoms with van der Waals surface area (Å²) in [5.41, 5.74) is 3.04. The van der Waals surface area contributed by atoms with E-state index in [1.54, 1.807) is 0 Å². The first-order chi connectivity index (χ1) is 14.5. The van der Waals surface area contributed by atoms with Crippen molar-refractivity contribution >= 4 is 11.8 Å². The minimum Gasteiger partial charge on any atom is -0.456 e. The molecule has 0 amide bonds. The highest BCUT2D eigenvalue weighted by Crippen LogP contribution is 2.43. The van der Waals surface area contributed by atoms with Crippen LogP contribution in [0.2, 0.25) is 0 Å². The van der Waals surface area contributed by atoms with Crippen LogP contribution in [-0.2, 0) is 16.1 Å². The van der Waals surface area contributed by atoms with Gasteiger partial charge in [-0.05, 0) is 23.6 Å². The number of nitrogens with one attached hydrogen (secondary N) is 2. The number of cyclic esters (lactones) is 1. The van der Waals surface area contributed by atoms with E-state index < -0.39 is 23.1 Å². The summed E-state index contributed by atoms with van der Waals surface area (Å²) in [6, 6.07) is 17.1. The molecule has 0 fully saturated rings. The van der Waals surface area contributed by atoms with Gasteiger partial charge in [0.2, 0.25) is 0 Å². The monoisotopic (exact) mass is 401 g/mol. The summed E-state index contributed by atoms with van der Waals surface area (Å²) in [6.07, 6.45) is 0. The Morgan fingerprint density at radius 1 is 1.03 bits per heavy atom. The maximum absolute atomic E-state index is 13.0. The van der Waals surface area contributed by atoms with Gasteiger partial charge < -0.3 is 10.1 Å². The average Bonchev–Trinajstić information content (AvgIpc) is 3.11. The number of rotatable bonds is 3. The van der Waals surface area contributed by atoms with Gasteiger partial charge in [0, 0.05) is 0 Å². The second-order valence-corrected chi connectivity index (χ2v) is 7.48. The zero-order chi connectivity index (χ0) is 20.8. The molecule has 0 saturated carbocycles. The van der Waals surface area contributed by atoms with Gasteiger partial charge in [0.25, 0.3) is 5.56 Å². The fourth-order valence-corrected chi connectivity index (χ4v) is 4.23. The third-order valence-electron chi connectivity index (χ3n) is 5.66. The number of carbonyl (C=O) groups is 1. The van der Waals surface area contributed by atoms with Crippen molar-refractivity contribution in [3.63, 3.8) is 0 Å². The van der Waals surface area contributed by atoms with Crippen molar-refractivity contribution in [3.8, 4) is 0 Å². The van der Waals surface area contributed by atoms with Crippen LogP contribution in [0.5, 0.6) is 0 Å². The van der Waals surface area contributed by atoms with Crippen LogP contribution >= 0.6 is 0 Å². The number of ether oxygens (including phenoxy) is 1. The summed E-state index contributed by atoms with van der Waals surface area (Å²) in [7, 11) is 0. The molecule has 0 unspecified atom stereocenters. The molecular formula is C23H19N3O4. The van der Waals surface area contributed by atoms with Gasteiger partial charge in [0.15, 0.2) is 0 Å². The molecule has 2 aliphatic rings. The highest BCUT2D eigenvalue weighted by Gasteiger charge is 2.41. The molecule has 30 heavy (non-hydrogen) atoms. The summed E-state index contributed by atoms with van der Waals surface area (Å²) in [5.74, 6) is -0.659. The number of nitrogens with zero attached hydrogens (tertiary/aromatic N) is 1. The van der Waals surface area contributed by atoms with Crippen molar-refractivity contribution in [2.24, 2.45) is 0 Å². The third-order valence-corrected chi connectivity index (χ3v) is 5.66. The van der Waals surface area contributed by atoms with Gasteiger partial charge in [0.05, 0.1) is 29.3 Å². The Labute approximate surface area is 171 Å². The van der Waals surface area contributed by atoms with Crippen molar-refractivity contribution in [3.05, 3.63) is 109 Å². The van der Waals surface area contributed by atoms with E-state index in [9.17, 15) is 14.4 Å². The zero-order valence-electron chi connectivity index (χ0n) is 16.3. The predicted molar refractivity (Wildman–Crippen MR) is 111 cm³/mol. The van der Waals surface area contributed by atoms with E-state index in [0.29, 0.717) is 22.7 Å². The van der Waals surface area contributed by atoms with Crippen LogP contribution < -0.4 is 16.6 Å². The highest BCUT2D eigenvalue weighted by atomic mass is 16.5. The van der Waals surface area contributed by atoms with Gasteiger partial charge in [-0.25, -0.2) is 9.59 Å². The molecule has 150 valence electrons. The van der Waals surface area contributed by atoms with Crippen LogP contribution in [0.1, 0.15) is 28.2 Å². The first-order valence-electron chi connectivity index (χ1n) is 9.68. The van der Waals surface area contributed by atoms with E-state index in [-0.39, 0.29) is 13.2 Å². The SMILES string of the molecule is Cc1ccccc1[C@@H]1C2=C(COC2=O)Nc2c1c(=O)[nH]c(=O)n2Cc1ccccc1. The number of hydrogen-bond donors (Lipinski definition) is 2. The Hall–Kier alpha value is -3.87. The number of carbonyl (C=O) groups excluding carboxylic acids is 1. The molecule has 3 aromatic rings. The van der Waals surface area contributed by atoms with Crippen molar-refractivity contribution in [1.29, 1.82) is 0 Å². The first-order valence-corrected chi connectivity index (χ1v) is 9.68. The maximum atomic E-state index is 13.0. The Balaban J connectivity index is 1.78. The molecule has 2 aromatic carbocycles. The molecule has 5 rings (SSSR count). The fourth-order valence-electron chi connectivity index (χ4n) is 4.23. The third kappa shape index (κ3) is 2.78. The summed E-state index contributed by atoms with van der Waals surface area (Å²) in [5, 5.41) is 3.16. The standard InChI is InChI=1S/C23H19N3O4/c1-13-7-5-6-10-15(13)17-18-16(12-30-22(18)28)24-20-19(17)21(27)25-23(29)26(20)11-14-8-3-2-4-9-14/h2-10,17,24H,11-12H2,1H3,(H,25,27,29)/t17-/m1/s1. The smallest absolute Gasteiger partial charge is 0.337 e. The Morgan fingerprint density at radius 2 is 1.77 bits per heavy atom. The molecule has 1 aromatic heterocycles. The Kier molecular flexibility index (Phi) is 4.17. The molecule has 0 saturated heterocycles.